The molecule has 2 amide bonds. The van der Waals surface area contributed by atoms with Crippen LogP contribution in [0.4, 0.5) is 4.79 Å². The second-order valence-corrected chi connectivity index (χ2v) is 15.6. The first-order valence-electron chi connectivity index (χ1n) is 16.4. The van der Waals surface area contributed by atoms with Crippen molar-refractivity contribution in [3.8, 4) is 0 Å². The number of hydrogen-bond donors (Lipinski definition) is 3. The minimum Gasteiger partial charge on any atom is -0.481 e. The zero-order valence-corrected chi connectivity index (χ0v) is 30.4. The highest BCUT2D eigenvalue weighted by molar-refractivity contribution is 5.86. The van der Waals surface area contributed by atoms with Gasteiger partial charge in [0.05, 0.1) is 12.1 Å². The molecule has 0 saturated heterocycles. The van der Waals surface area contributed by atoms with E-state index in [1.807, 2.05) is 25.7 Å². The van der Waals surface area contributed by atoms with E-state index in [2.05, 4.69) is 38.0 Å². The lowest BCUT2D eigenvalue weighted by Gasteiger charge is -2.47. The van der Waals surface area contributed by atoms with Crippen molar-refractivity contribution in [1.82, 2.24) is 20.6 Å². The number of carbonyl (C=O) groups excluding carboxylic acids is 4. The molecule has 2 unspecified atom stereocenters. The van der Waals surface area contributed by atoms with Crippen molar-refractivity contribution in [1.29, 1.82) is 0 Å². The Labute approximate surface area is 281 Å². The second kappa shape index (κ2) is 17.8. The summed E-state index contributed by atoms with van der Waals surface area (Å²) in [6, 6.07) is -0.0995. The topological polar surface area (TPSA) is 164 Å². The molecule has 1 rings (SSSR count). The summed E-state index contributed by atoms with van der Waals surface area (Å²) in [5.74, 6) is -1.91. The van der Waals surface area contributed by atoms with Crippen molar-refractivity contribution in [2.75, 3.05) is 39.9 Å². The molecule has 0 bridgehead atoms. The molecule has 0 aliphatic heterocycles. The largest absolute Gasteiger partial charge is 0.481 e. The van der Waals surface area contributed by atoms with Gasteiger partial charge < -0.3 is 30.1 Å². The minimum absolute atomic E-state index is 0.00423. The molecule has 1 aliphatic carbocycles. The fourth-order valence-corrected chi connectivity index (χ4v) is 5.87. The highest BCUT2D eigenvalue weighted by Crippen LogP contribution is 2.45. The van der Waals surface area contributed by atoms with Crippen LogP contribution in [0.1, 0.15) is 107 Å². The SMILES string of the molecule is C=C(C)C(=O)OCCN(CC(=O)NC1CC(C)(C)CC(C)(CNC(=O)ON(C)C(C)(C)COC(=O)CCCCC(=O)O)C1)C(C)(C)C. The van der Waals surface area contributed by atoms with Gasteiger partial charge in [0, 0.05) is 50.1 Å². The van der Waals surface area contributed by atoms with E-state index in [4.69, 9.17) is 19.4 Å². The third-order valence-electron chi connectivity index (χ3n) is 8.37. The van der Waals surface area contributed by atoms with Gasteiger partial charge in [-0.25, -0.2) is 9.59 Å². The Kier molecular flexibility index (Phi) is 15.9. The molecule has 1 fully saturated rings. The van der Waals surface area contributed by atoms with Crippen LogP contribution in [0.3, 0.4) is 0 Å². The number of likely N-dealkylation sites (N-methyl/N-ethyl adjacent to an activating group) is 1. The number of ether oxygens (including phenoxy) is 2. The van der Waals surface area contributed by atoms with E-state index in [0.717, 1.165) is 12.8 Å². The van der Waals surface area contributed by atoms with Crippen LogP contribution in [0.5, 0.6) is 0 Å². The third kappa shape index (κ3) is 16.5. The summed E-state index contributed by atoms with van der Waals surface area (Å²) in [5.41, 5.74) is -1.22. The Morgan fingerprint density at radius 1 is 0.979 bits per heavy atom. The molecule has 13 nitrogen and oxygen atoms in total. The summed E-state index contributed by atoms with van der Waals surface area (Å²) < 4.78 is 10.6. The van der Waals surface area contributed by atoms with Gasteiger partial charge in [0.1, 0.15) is 13.2 Å². The van der Waals surface area contributed by atoms with E-state index >= 15 is 0 Å². The van der Waals surface area contributed by atoms with Crippen molar-refractivity contribution in [3.05, 3.63) is 12.2 Å². The average Bonchev–Trinajstić information content (AvgIpc) is 2.90. The van der Waals surface area contributed by atoms with Crippen molar-refractivity contribution in [2.24, 2.45) is 10.8 Å². The summed E-state index contributed by atoms with van der Waals surface area (Å²) in [5, 5.41) is 16.1. The van der Waals surface area contributed by atoms with Crippen LogP contribution >= 0.6 is 0 Å². The molecule has 0 aromatic rings. The highest BCUT2D eigenvalue weighted by atomic mass is 16.7. The monoisotopic (exact) mass is 668 g/mol. The van der Waals surface area contributed by atoms with Gasteiger partial charge in [0.25, 0.3) is 0 Å². The van der Waals surface area contributed by atoms with Crippen molar-refractivity contribution in [3.63, 3.8) is 0 Å². The summed E-state index contributed by atoms with van der Waals surface area (Å²) in [6.45, 7) is 22.2. The van der Waals surface area contributed by atoms with Gasteiger partial charge in [-0.1, -0.05) is 27.4 Å². The van der Waals surface area contributed by atoms with Crippen molar-refractivity contribution in [2.45, 2.75) is 124 Å². The van der Waals surface area contributed by atoms with Gasteiger partial charge in [-0.2, -0.15) is 0 Å². The van der Waals surface area contributed by atoms with Crippen molar-refractivity contribution < 1.29 is 43.4 Å². The van der Waals surface area contributed by atoms with Crippen LogP contribution in [0.25, 0.3) is 0 Å². The van der Waals surface area contributed by atoms with E-state index in [1.165, 1.54) is 5.06 Å². The molecule has 1 aliphatic rings. The number of carboxylic acids is 1. The van der Waals surface area contributed by atoms with Gasteiger partial charge in [0.15, 0.2) is 0 Å². The number of rotatable bonds is 18. The Bertz CT molecular complexity index is 1120. The number of esters is 2. The highest BCUT2D eigenvalue weighted by Gasteiger charge is 2.42. The molecule has 2 atom stereocenters. The smallest absolute Gasteiger partial charge is 0.426 e. The van der Waals surface area contributed by atoms with Gasteiger partial charge in [0.2, 0.25) is 5.91 Å². The van der Waals surface area contributed by atoms with E-state index < -0.39 is 29.5 Å². The number of hydrogen-bond acceptors (Lipinski definition) is 10. The van der Waals surface area contributed by atoms with Gasteiger partial charge in [-0.05, 0) is 84.5 Å². The summed E-state index contributed by atoms with van der Waals surface area (Å²) >= 11 is 0. The maximum absolute atomic E-state index is 13.2. The van der Waals surface area contributed by atoms with Crippen LogP contribution < -0.4 is 10.6 Å². The maximum Gasteiger partial charge on any atom is 0.426 e. The number of unbranched alkanes of at least 4 members (excludes halogenated alkanes) is 1. The first-order chi connectivity index (χ1) is 21.4. The van der Waals surface area contributed by atoms with Crippen molar-refractivity contribution >= 4 is 29.9 Å². The quantitative estimate of drug-likeness (QED) is 0.0818. The molecule has 0 radical (unpaired) electrons. The summed E-state index contributed by atoms with van der Waals surface area (Å²) in [6.07, 6.45) is 2.59. The molecule has 47 heavy (non-hydrogen) atoms. The number of nitrogens with one attached hydrogen (secondary N) is 2. The zero-order chi connectivity index (χ0) is 36.2. The fourth-order valence-electron chi connectivity index (χ4n) is 5.87. The predicted octanol–water partition coefficient (Wildman–Crippen LogP) is 4.45. The first-order valence-corrected chi connectivity index (χ1v) is 16.4. The Morgan fingerprint density at radius 3 is 2.17 bits per heavy atom. The number of carbonyl (C=O) groups is 5. The van der Waals surface area contributed by atoms with Gasteiger partial charge >= 0.3 is 24.0 Å². The Balaban J connectivity index is 2.68. The van der Waals surface area contributed by atoms with E-state index in [0.29, 0.717) is 37.9 Å². The lowest BCUT2D eigenvalue weighted by atomic mass is 9.62. The molecule has 0 heterocycles. The zero-order valence-electron chi connectivity index (χ0n) is 30.4. The molecule has 13 heteroatoms. The van der Waals surface area contributed by atoms with Gasteiger partial charge in [-0.15, -0.1) is 5.06 Å². The lowest BCUT2D eigenvalue weighted by Crippen LogP contribution is -2.54. The molecule has 270 valence electrons. The van der Waals surface area contributed by atoms with E-state index in [1.54, 1.807) is 27.8 Å². The lowest BCUT2D eigenvalue weighted by molar-refractivity contribution is -0.173. The Hall–Kier alpha value is -3.19. The third-order valence-corrected chi connectivity index (χ3v) is 8.37. The number of aliphatic carboxylic acids is 1. The molecular weight excluding hydrogens is 608 g/mol. The molecule has 3 N–H and O–H groups in total. The van der Waals surface area contributed by atoms with E-state index in [9.17, 15) is 24.0 Å². The van der Waals surface area contributed by atoms with Crippen LogP contribution in [0.15, 0.2) is 12.2 Å². The normalized spacial score (nSPS) is 19.5. The summed E-state index contributed by atoms with van der Waals surface area (Å²) in [4.78, 5) is 68.0. The minimum atomic E-state index is -0.902. The first kappa shape index (κ1) is 41.8. The molecule has 1 saturated carbocycles. The molecule has 0 aromatic carbocycles. The van der Waals surface area contributed by atoms with Crippen LogP contribution in [0.2, 0.25) is 0 Å². The number of nitrogens with zero attached hydrogens (tertiary/aromatic N) is 2. The number of amides is 2. The fraction of sp³-hybridized carbons (Fsp3) is 0.794. The van der Waals surface area contributed by atoms with Crippen LogP contribution in [0, 0.1) is 10.8 Å². The molecule has 0 aromatic heterocycles. The Morgan fingerprint density at radius 2 is 1.60 bits per heavy atom. The standard InChI is InChI=1S/C34H60N4O9/c1-24(2)29(43)45-17-16-38(31(3,4)5)20-26(39)36-25-18-32(6,7)21-34(10,19-25)22-35-30(44)47-37(11)33(8,9)23-46-28(42)15-13-12-14-27(40)41/h25H,1,12-23H2,2-11H3,(H,35,44)(H,36,39)(H,40,41). The second-order valence-electron chi connectivity index (χ2n) is 15.6. The maximum atomic E-state index is 13.2. The van der Waals surface area contributed by atoms with E-state index in [-0.39, 0.29) is 60.9 Å². The van der Waals surface area contributed by atoms with Crippen LogP contribution in [-0.2, 0) is 33.5 Å². The number of hydroxylamine groups is 2. The predicted molar refractivity (Wildman–Crippen MR) is 178 cm³/mol. The molecule has 0 spiro atoms. The number of carboxylic acid groups (broad SMARTS) is 1. The van der Waals surface area contributed by atoms with Crippen LogP contribution in [-0.4, -0.2) is 102 Å². The average molecular weight is 669 g/mol. The summed E-state index contributed by atoms with van der Waals surface area (Å²) in [7, 11) is 1.59. The van der Waals surface area contributed by atoms with Gasteiger partial charge in [-0.3, -0.25) is 19.3 Å². The molecular formula is C34H60N4O9.